The first-order chi connectivity index (χ1) is 12.3. The fourth-order valence-corrected chi connectivity index (χ4v) is 4.13. The third-order valence-electron chi connectivity index (χ3n) is 3.57. The molecule has 0 heterocycles. The van der Waals surface area contributed by atoms with Gasteiger partial charge in [0.1, 0.15) is 11.6 Å². The average molecular weight is 398 g/mol. The molecule has 0 aromatic heterocycles. The maximum atomic E-state index is 13.8. The molecule has 0 amide bonds. The summed E-state index contributed by atoms with van der Waals surface area (Å²) in [6.07, 6.45) is 0. The van der Waals surface area contributed by atoms with Gasteiger partial charge in [-0.2, -0.15) is 0 Å². The van der Waals surface area contributed by atoms with Crippen molar-refractivity contribution in [2.24, 2.45) is 0 Å². The van der Waals surface area contributed by atoms with Crippen LogP contribution in [0.2, 0.25) is 0 Å². The highest BCUT2D eigenvalue weighted by molar-refractivity contribution is 7.92. The quantitative estimate of drug-likeness (QED) is 0.577. The predicted octanol–water partition coefficient (Wildman–Crippen LogP) is 2.86. The number of rotatable bonds is 5. The molecule has 3 rings (SSSR count). The first-order valence-electron chi connectivity index (χ1n) is 7.19. The van der Waals surface area contributed by atoms with Gasteiger partial charge in [0, 0.05) is 10.8 Å². The van der Waals surface area contributed by atoms with E-state index >= 15 is 0 Å². The van der Waals surface area contributed by atoms with Gasteiger partial charge in [0.15, 0.2) is 4.90 Å². The highest BCUT2D eigenvalue weighted by atomic mass is 32.2. The Bertz CT molecular complexity index is 1150. The van der Waals surface area contributed by atoms with Crippen molar-refractivity contribution in [3.63, 3.8) is 0 Å². The van der Waals surface area contributed by atoms with Crippen LogP contribution in [0.4, 0.5) is 20.2 Å². The molecule has 0 aliphatic rings. The van der Waals surface area contributed by atoms with Crippen LogP contribution >= 0.6 is 0 Å². The Morgan fingerprint density at radius 3 is 1.88 bits per heavy atom. The number of hydrogen-bond donors (Lipinski definition) is 3. The van der Waals surface area contributed by atoms with Crippen LogP contribution in [0.5, 0.6) is 0 Å². The third-order valence-corrected chi connectivity index (χ3v) is 5.41. The van der Waals surface area contributed by atoms with E-state index < -0.39 is 37.4 Å². The third kappa shape index (κ3) is 3.46. The van der Waals surface area contributed by atoms with E-state index in [0.717, 1.165) is 18.2 Å². The average Bonchev–Trinajstić information content (AvgIpc) is 2.56. The molecule has 0 aliphatic heterocycles. The number of hydrogen-bond acceptors (Lipinski definition) is 4. The van der Waals surface area contributed by atoms with Crippen LogP contribution in [0.25, 0.3) is 10.8 Å². The van der Waals surface area contributed by atoms with Crippen molar-refractivity contribution >= 4 is 43.1 Å². The molecular weight excluding hydrogens is 386 g/mol. The number of fused-ring (bicyclic) bond motifs is 1. The molecule has 136 valence electrons. The van der Waals surface area contributed by atoms with Gasteiger partial charge in [0.2, 0.25) is 10.9 Å². The van der Waals surface area contributed by atoms with Crippen LogP contribution in [0.1, 0.15) is 0 Å². The minimum atomic E-state index is -4.54. The number of nitrogens with one attached hydrogen (secondary N) is 2. The second-order valence-corrected chi connectivity index (χ2v) is 7.59. The summed E-state index contributed by atoms with van der Waals surface area (Å²) in [5.74, 6) is -2.44. The molecule has 0 bridgehead atoms. The van der Waals surface area contributed by atoms with Crippen molar-refractivity contribution in [1.82, 2.24) is 0 Å². The molecule has 10 heteroatoms. The van der Waals surface area contributed by atoms with E-state index in [-0.39, 0.29) is 11.4 Å². The van der Waals surface area contributed by atoms with E-state index in [0.29, 0.717) is 10.8 Å². The highest BCUT2D eigenvalue weighted by Crippen LogP contribution is 2.32. The van der Waals surface area contributed by atoms with Crippen molar-refractivity contribution in [2.75, 3.05) is 9.44 Å². The fraction of sp³-hybridized carbons (Fsp3) is 0. The van der Waals surface area contributed by atoms with Crippen LogP contribution in [-0.2, 0) is 20.9 Å². The Morgan fingerprint density at radius 1 is 0.769 bits per heavy atom. The van der Waals surface area contributed by atoms with Gasteiger partial charge < -0.3 is 0 Å². The monoisotopic (exact) mass is 398 g/mol. The van der Waals surface area contributed by atoms with Crippen LogP contribution in [-0.4, -0.2) is 16.8 Å². The van der Waals surface area contributed by atoms with Crippen LogP contribution in [0.3, 0.4) is 0 Å². The summed E-state index contributed by atoms with van der Waals surface area (Å²) in [6.45, 7) is 0. The van der Waals surface area contributed by atoms with Crippen LogP contribution < -0.4 is 9.44 Å². The second kappa shape index (κ2) is 6.89. The van der Waals surface area contributed by atoms with Crippen molar-refractivity contribution in [2.45, 2.75) is 4.90 Å². The lowest BCUT2D eigenvalue weighted by atomic mass is 10.1. The molecule has 0 fully saturated rings. The van der Waals surface area contributed by atoms with Crippen LogP contribution in [0, 0.1) is 11.6 Å². The van der Waals surface area contributed by atoms with Gasteiger partial charge >= 0.3 is 0 Å². The van der Waals surface area contributed by atoms with Crippen LogP contribution in [0.15, 0.2) is 59.5 Å². The first kappa shape index (κ1) is 18.1. The molecule has 2 N–H and O–H groups in total. The predicted molar refractivity (Wildman–Crippen MR) is 95.1 cm³/mol. The standard InChI is InChI=1S/C16H12F2N2O4S2/c17-12-6-3-7-13(18)16(12)26(23,24)20-15-9-8-14(19-25(21)22)10-4-1-2-5-11(10)15/h1-9,20,25H,(H,19,21,22). The normalized spacial score (nSPS) is 11.7. The summed E-state index contributed by atoms with van der Waals surface area (Å²) in [6, 6.07) is 11.8. The summed E-state index contributed by atoms with van der Waals surface area (Å²) in [5.41, 5.74) is 0.298. The van der Waals surface area contributed by atoms with Gasteiger partial charge in [-0.1, -0.05) is 30.3 Å². The summed E-state index contributed by atoms with van der Waals surface area (Å²) >= 11 is 0. The zero-order valence-corrected chi connectivity index (χ0v) is 14.7. The van der Waals surface area contributed by atoms with Gasteiger partial charge in [-0.15, -0.1) is 0 Å². The molecule has 3 aromatic carbocycles. The Hall–Kier alpha value is -2.72. The van der Waals surface area contributed by atoms with Crippen molar-refractivity contribution in [3.8, 4) is 0 Å². The Kier molecular flexibility index (Phi) is 4.79. The van der Waals surface area contributed by atoms with E-state index in [4.69, 9.17) is 0 Å². The largest absolute Gasteiger partial charge is 0.285 e. The lowest BCUT2D eigenvalue weighted by molar-refractivity contribution is 0.521. The Balaban J connectivity index is 2.12. The zero-order chi connectivity index (χ0) is 18.9. The maximum absolute atomic E-state index is 13.8. The Labute approximate surface area is 149 Å². The summed E-state index contributed by atoms with van der Waals surface area (Å²) in [5, 5.41) is 0.774. The molecule has 26 heavy (non-hydrogen) atoms. The Morgan fingerprint density at radius 2 is 1.31 bits per heavy atom. The first-order valence-corrected chi connectivity index (χ1v) is 9.85. The van der Waals surface area contributed by atoms with Crippen molar-refractivity contribution in [3.05, 3.63) is 66.2 Å². The molecule has 0 radical (unpaired) electrons. The zero-order valence-electron chi connectivity index (χ0n) is 12.9. The van der Waals surface area contributed by atoms with Gasteiger partial charge in [-0.05, 0) is 24.3 Å². The minimum Gasteiger partial charge on any atom is -0.285 e. The number of thiol groups is 1. The number of halogens is 2. The van der Waals surface area contributed by atoms with Crippen molar-refractivity contribution in [1.29, 1.82) is 0 Å². The number of sulfonamides is 1. The van der Waals surface area contributed by atoms with E-state index in [1.165, 1.54) is 12.1 Å². The lowest BCUT2D eigenvalue weighted by Gasteiger charge is -2.13. The lowest BCUT2D eigenvalue weighted by Crippen LogP contribution is -2.16. The van der Waals surface area contributed by atoms with Gasteiger partial charge in [-0.25, -0.2) is 25.6 Å². The maximum Gasteiger partial charge on any atom is 0.267 e. The van der Waals surface area contributed by atoms with E-state index in [9.17, 15) is 25.6 Å². The fourth-order valence-electron chi connectivity index (χ4n) is 2.52. The minimum absolute atomic E-state index is 0.0509. The number of anilines is 2. The summed E-state index contributed by atoms with van der Waals surface area (Å²) in [4.78, 5) is -1.09. The molecule has 0 spiro atoms. The summed E-state index contributed by atoms with van der Waals surface area (Å²) in [7, 11) is -7.46. The van der Waals surface area contributed by atoms with Gasteiger partial charge in [0.05, 0.1) is 11.4 Å². The van der Waals surface area contributed by atoms with Crippen molar-refractivity contribution < 1.29 is 25.6 Å². The molecule has 0 saturated heterocycles. The highest BCUT2D eigenvalue weighted by Gasteiger charge is 2.24. The molecule has 0 aliphatic carbocycles. The van der Waals surface area contributed by atoms with Gasteiger partial charge in [-0.3, -0.25) is 9.44 Å². The van der Waals surface area contributed by atoms with Gasteiger partial charge in [0.25, 0.3) is 10.0 Å². The summed E-state index contributed by atoms with van der Waals surface area (Å²) < 4.78 is 78.8. The molecule has 6 nitrogen and oxygen atoms in total. The molecular formula is C16H12F2N2O4S2. The smallest absolute Gasteiger partial charge is 0.267 e. The number of benzene rings is 3. The molecule has 0 atom stereocenters. The van der Waals surface area contributed by atoms with E-state index in [2.05, 4.69) is 9.44 Å². The van der Waals surface area contributed by atoms with E-state index in [1.807, 2.05) is 0 Å². The molecule has 0 unspecified atom stereocenters. The topological polar surface area (TPSA) is 92.3 Å². The van der Waals surface area contributed by atoms with E-state index in [1.54, 1.807) is 24.3 Å². The second-order valence-electron chi connectivity index (χ2n) is 5.23. The molecule has 3 aromatic rings. The molecule has 0 saturated carbocycles. The SMILES string of the molecule is O=[SH](=O)Nc1ccc(NS(=O)(=O)c2c(F)cccc2F)c2ccccc12.